The summed E-state index contributed by atoms with van der Waals surface area (Å²) in [7, 11) is 0. The van der Waals surface area contributed by atoms with E-state index in [4.69, 9.17) is 11.6 Å². The van der Waals surface area contributed by atoms with Crippen LogP contribution in [0.3, 0.4) is 0 Å². The Labute approximate surface area is 183 Å². The van der Waals surface area contributed by atoms with Gasteiger partial charge >= 0.3 is 0 Å². The number of H-pyrrole nitrogens is 1. The van der Waals surface area contributed by atoms with E-state index in [1.165, 1.54) is 5.56 Å². The van der Waals surface area contributed by atoms with E-state index in [-0.39, 0.29) is 11.9 Å². The number of amides is 1. The van der Waals surface area contributed by atoms with Gasteiger partial charge in [-0.1, -0.05) is 41.9 Å². The van der Waals surface area contributed by atoms with Gasteiger partial charge in [0, 0.05) is 35.1 Å². The van der Waals surface area contributed by atoms with E-state index in [1.54, 1.807) is 0 Å². The first-order chi connectivity index (χ1) is 14.5. The van der Waals surface area contributed by atoms with Gasteiger partial charge in [0.05, 0.1) is 0 Å². The number of piperidine rings is 1. The fourth-order valence-electron chi connectivity index (χ4n) is 4.32. The Kier molecular flexibility index (Phi) is 6.45. The number of rotatable bonds is 6. The van der Waals surface area contributed by atoms with Crippen LogP contribution in [0.25, 0.3) is 10.9 Å². The van der Waals surface area contributed by atoms with Crippen LogP contribution >= 0.6 is 11.6 Å². The SMILES string of the molecule is CC(C)N(CC1CCN(Cc2ccc(Cl)cc2)CC1)C(=O)c1cc2ccccc2[nH]1. The minimum atomic E-state index is 0.102. The summed E-state index contributed by atoms with van der Waals surface area (Å²) in [6.07, 6.45) is 2.24. The molecule has 3 aromatic rings. The number of para-hydroxylation sites is 1. The Morgan fingerprint density at radius 2 is 1.83 bits per heavy atom. The molecule has 1 N–H and O–H groups in total. The number of halogens is 1. The second-order valence-corrected chi connectivity index (χ2v) is 9.10. The molecule has 0 atom stereocenters. The Bertz CT molecular complexity index is 954. The zero-order valence-electron chi connectivity index (χ0n) is 17.8. The lowest BCUT2D eigenvalue weighted by molar-refractivity contribution is 0.0620. The molecule has 1 amide bonds. The number of benzene rings is 2. The van der Waals surface area contributed by atoms with Gasteiger partial charge in [-0.2, -0.15) is 0 Å². The van der Waals surface area contributed by atoms with Crippen LogP contribution in [0.2, 0.25) is 5.02 Å². The van der Waals surface area contributed by atoms with Crippen molar-refractivity contribution in [2.24, 2.45) is 5.92 Å². The van der Waals surface area contributed by atoms with Gasteiger partial charge < -0.3 is 9.88 Å². The largest absolute Gasteiger partial charge is 0.351 e. The number of likely N-dealkylation sites (tertiary alicyclic amines) is 1. The maximum atomic E-state index is 13.2. The minimum Gasteiger partial charge on any atom is -0.351 e. The first-order valence-electron chi connectivity index (χ1n) is 10.8. The standard InChI is InChI=1S/C25H30ClN3O/c1-18(2)29(25(30)24-15-21-5-3-4-6-23(21)27-24)17-20-11-13-28(14-12-20)16-19-7-9-22(26)10-8-19/h3-10,15,18,20,27H,11-14,16-17H2,1-2H3. The molecule has 2 heterocycles. The maximum absolute atomic E-state index is 13.2. The molecule has 1 aliphatic rings. The third kappa shape index (κ3) is 4.88. The zero-order valence-corrected chi connectivity index (χ0v) is 18.5. The molecule has 0 unspecified atom stereocenters. The van der Waals surface area contributed by atoms with Gasteiger partial charge in [0.15, 0.2) is 0 Å². The number of fused-ring (bicyclic) bond motifs is 1. The van der Waals surface area contributed by atoms with Crippen molar-refractivity contribution >= 4 is 28.4 Å². The van der Waals surface area contributed by atoms with Crippen LogP contribution in [-0.2, 0) is 6.54 Å². The normalized spacial score (nSPS) is 15.7. The van der Waals surface area contributed by atoms with Gasteiger partial charge in [0.1, 0.15) is 5.69 Å². The molecule has 0 radical (unpaired) electrons. The molecule has 2 aromatic carbocycles. The van der Waals surface area contributed by atoms with E-state index in [9.17, 15) is 4.79 Å². The van der Waals surface area contributed by atoms with Crippen LogP contribution in [-0.4, -0.2) is 46.4 Å². The highest BCUT2D eigenvalue weighted by molar-refractivity contribution is 6.30. The third-order valence-corrected chi connectivity index (χ3v) is 6.38. The summed E-state index contributed by atoms with van der Waals surface area (Å²) in [5.41, 5.74) is 3.00. The molecule has 1 saturated heterocycles. The molecule has 158 valence electrons. The zero-order chi connectivity index (χ0) is 21.1. The molecule has 1 aromatic heterocycles. The molecular weight excluding hydrogens is 394 g/mol. The van der Waals surface area contributed by atoms with Gasteiger partial charge in [-0.3, -0.25) is 9.69 Å². The van der Waals surface area contributed by atoms with E-state index < -0.39 is 0 Å². The van der Waals surface area contributed by atoms with Gasteiger partial charge in [-0.15, -0.1) is 0 Å². The third-order valence-electron chi connectivity index (χ3n) is 6.13. The topological polar surface area (TPSA) is 39.3 Å². The Morgan fingerprint density at radius 3 is 2.50 bits per heavy atom. The molecule has 0 aliphatic carbocycles. The predicted molar refractivity (Wildman–Crippen MR) is 124 cm³/mol. The van der Waals surface area contributed by atoms with Crippen LogP contribution in [0, 0.1) is 5.92 Å². The quantitative estimate of drug-likeness (QED) is 0.561. The molecule has 1 fully saturated rings. The Hall–Kier alpha value is -2.30. The molecule has 30 heavy (non-hydrogen) atoms. The summed E-state index contributed by atoms with van der Waals surface area (Å²) in [4.78, 5) is 21.1. The fraction of sp³-hybridized carbons (Fsp3) is 0.400. The van der Waals surface area contributed by atoms with Crippen LogP contribution in [0.4, 0.5) is 0 Å². The van der Waals surface area contributed by atoms with E-state index in [2.05, 4.69) is 35.9 Å². The highest BCUT2D eigenvalue weighted by Gasteiger charge is 2.26. The molecular formula is C25H30ClN3O. The van der Waals surface area contributed by atoms with Gasteiger partial charge in [-0.25, -0.2) is 0 Å². The summed E-state index contributed by atoms with van der Waals surface area (Å²) < 4.78 is 0. The summed E-state index contributed by atoms with van der Waals surface area (Å²) in [6, 6.07) is 18.3. The summed E-state index contributed by atoms with van der Waals surface area (Å²) in [5, 5.41) is 1.87. The lowest BCUT2D eigenvalue weighted by Gasteiger charge is -2.36. The smallest absolute Gasteiger partial charge is 0.270 e. The van der Waals surface area contributed by atoms with Crippen LogP contribution < -0.4 is 0 Å². The number of nitrogens with zero attached hydrogens (tertiary/aromatic N) is 2. The lowest BCUT2D eigenvalue weighted by Crippen LogP contribution is -2.43. The molecule has 0 bridgehead atoms. The first-order valence-corrected chi connectivity index (χ1v) is 11.2. The van der Waals surface area contributed by atoms with E-state index in [0.717, 1.165) is 54.9 Å². The van der Waals surface area contributed by atoms with Gasteiger partial charge in [0.2, 0.25) is 0 Å². The van der Waals surface area contributed by atoms with Crippen LogP contribution in [0.15, 0.2) is 54.6 Å². The lowest BCUT2D eigenvalue weighted by atomic mass is 9.95. The fourth-order valence-corrected chi connectivity index (χ4v) is 4.45. The van der Waals surface area contributed by atoms with Crippen molar-refractivity contribution in [2.45, 2.75) is 39.3 Å². The number of hydrogen-bond acceptors (Lipinski definition) is 2. The van der Waals surface area contributed by atoms with Gasteiger partial charge in [-0.05, 0) is 75.5 Å². The number of carbonyl (C=O) groups is 1. The Morgan fingerprint density at radius 1 is 1.13 bits per heavy atom. The number of aromatic nitrogens is 1. The number of carbonyl (C=O) groups excluding carboxylic acids is 1. The second-order valence-electron chi connectivity index (χ2n) is 8.67. The van der Waals surface area contributed by atoms with E-state index in [1.807, 2.05) is 47.4 Å². The monoisotopic (exact) mass is 423 g/mol. The van der Waals surface area contributed by atoms with E-state index in [0.29, 0.717) is 11.6 Å². The summed E-state index contributed by atoms with van der Waals surface area (Å²) >= 11 is 5.99. The summed E-state index contributed by atoms with van der Waals surface area (Å²) in [6.45, 7) is 8.14. The van der Waals surface area contributed by atoms with Crippen molar-refractivity contribution < 1.29 is 4.79 Å². The first kappa shape index (κ1) is 21.0. The molecule has 4 rings (SSSR count). The number of hydrogen-bond donors (Lipinski definition) is 1. The van der Waals surface area contributed by atoms with E-state index >= 15 is 0 Å². The van der Waals surface area contributed by atoms with Gasteiger partial charge in [0.25, 0.3) is 5.91 Å². The van der Waals surface area contributed by atoms with Crippen molar-refractivity contribution in [1.82, 2.24) is 14.8 Å². The van der Waals surface area contributed by atoms with Crippen molar-refractivity contribution in [3.63, 3.8) is 0 Å². The highest BCUT2D eigenvalue weighted by Crippen LogP contribution is 2.23. The molecule has 0 saturated carbocycles. The molecule has 4 nitrogen and oxygen atoms in total. The second kappa shape index (κ2) is 9.23. The molecule has 0 spiro atoms. The Balaban J connectivity index is 1.35. The van der Waals surface area contributed by atoms with Crippen LogP contribution in [0.5, 0.6) is 0 Å². The average molecular weight is 424 g/mol. The predicted octanol–water partition coefficient (Wildman–Crippen LogP) is 5.58. The summed E-state index contributed by atoms with van der Waals surface area (Å²) in [5.74, 6) is 0.645. The van der Waals surface area contributed by atoms with Crippen molar-refractivity contribution in [1.29, 1.82) is 0 Å². The van der Waals surface area contributed by atoms with Crippen molar-refractivity contribution in [3.05, 3.63) is 70.9 Å². The van der Waals surface area contributed by atoms with Crippen molar-refractivity contribution in [3.8, 4) is 0 Å². The van der Waals surface area contributed by atoms with Crippen LogP contribution in [0.1, 0.15) is 42.7 Å². The number of aromatic amines is 1. The van der Waals surface area contributed by atoms with Crippen molar-refractivity contribution in [2.75, 3.05) is 19.6 Å². The maximum Gasteiger partial charge on any atom is 0.270 e. The molecule has 1 aliphatic heterocycles. The molecule has 5 heteroatoms. The minimum absolute atomic E-state index is 0.102. The average Bonchev–Trinajstić information content (AvgIpc) is 3.18. The highest BCUT2D eigenvalue weighted by atomic mass is 35.5. The number of nitrogens with one attached hydrogen (secondary N) is 1.